The highest BCUT2D eigenvalue weighted by Crippen LogP contribution is 2.19. The van der Waals surface area contributed by atoms with Crippen molar-refractivity contribution in [3.63, 3.8) is 0 Å². The second-order valence-electron chi connectivity index (χ2n) is 8.11. The molecule has 2 amide bonds. The highest BCUT2D eigenvalue weighted by atomic mass is 19.1. The number of nitrogens with two attached hydrogens (primary N) is 1. The van der Waals surface area contributed by atoms with Crippen LogP contribution in [0, 0.1) is 11.7 Å². The molecule has 0 radical (unpaired) electrons. The molecule has 1 aromatic carbocycles. The Kier molecular flexibility index (Phi) is 6.28. The van der Waals surface area contributed by atoms with Gasteiger partial charge in [0.05, 0.1) is 11.7 Å². The summed E-state index contributed by atoms with van der Waals surface area (Å²) in [5.41, 5.74) is 7.32. The van der Waals surface area contributed by atoms with Crippen LogP contribution in [0.1, 0.15) is 37.9 Å². The first-order valence-corrected chi connectivity index (χ1v) is 9.78. The van der Waals surface area contributed by atoms with Crippen molar-refractivity contribution >= 4 is 6.03 Å². The molecule has 7 nitrogen and oxygen atoms in total. The zero-order valence-electron chi connectivity index (χ0n) is 16.6. The minimum Gasteiger partial charge on any atom is -0.338 e. The quantitative estimate of drug-likeness (QED) is 0.794. The first kappa shape index (κ1) is 20.3. The van der Waals surface area contributed by atoms with Crippen LogP contribution in [0.5, 0.6) is 0 Å². The average Bonchev–Trinajstić information content (AvgIpc) is 3.12. The third-order valence-corrected chi connectivity index (χ3v) is 5.05. The molecule has 1 aromatic heterocycles. The first-order valence-electron chi connectivity index (χ1n) is 9.78. The Morgan fingerprint density at radius 2 is 2.11 bits per heavy atom. The van der Waals surface area contributed by atoms with Crippen LogP contribution in [-0.2, 0) is 18.5 Å². The maximum atomic E-state index is 12.9. The summed E-state index contributed by atoms with van der Waals surface area (Å²) in [5.74, 6) is 0.0914. The van der Waals surface area contributed by atoms with Crippen LogP contribution < -0.4 is 11.1 Å². The van der Waals surface area contributed by atoms with Crippen LogP contribution in [0.4, 0.5) is 9.18 Å². The maximum absolute atomic E-state index is 12.9. The molecule has 0 aliphatic carbocycles. The fraction of sp³-hybridized carbons (Fsp3) is 0.550. The van der Waals surface area contributed by atoms with Gasteiger partial charge in [0, 0.05) is 26.2 Å². The monoisotopic (exact) mass is 388 g/mol. The number of nitrogens with one attached hydrogen (secondary N) is 1. The van der Waals surface area contributed by atoms with Gasteiger partial charge in [-0.15, -0.1) is 5.10 Å². The predicted molar refractivity (Wildman–Crippen MR) is 105 cm³/mol. The molecule has 0 saturated carbocycles. The number of hydrogen-bond donors (Lipinski definition) is 2. The highest BCUT2D eigenvalue weighted by molar-refractivity contribution is 5.74. The van der Waals surface area contributed by atoms with Crippen molar-refractivity contribution in [1.82, 2.24) is 25.2 Å². The van der Waals surface area contributed by atoms with E-state index < -0.39 is 5.54 Å². The van der Waals surface area contributed by atoms with E-state index in [0.717, 1.165) is 37.2 Å². The van der Waals surface area contributed by atoms with Crippen molar-refractivity contribution in [3.8, 4) is 0 Å². The highest BCUT2D eigenvalue weighted by Gasteiger charge is 2.25. The number of halogens is 1. The zero-order chi connectivity index (χ0) is 20.1. The molecule has 1 aliphatic rings. The number of nitrogens with zero attached hydrogens (tertiary/aromatic N) is 4. The fourth-order valence-corrected chi connectivity index (χ4v) is 3.42. The molecule has 1 aliphatic heterocycles. The average molecular weight is 388 g/mol. The summed E-state index contributed by atoms with van der Waals surface area (Å²) in [7, 11) is 0. The first-order chi connectivity index (χ1) is 13.3. The Morgan fingerprint density at radius 1 is 1.36 bits per heavy atom. The van der Waals surface area contributed by atoms with Gasteiger partial charge < -0.3 is 16.0 Å². The van der Waals surface area contributed by atoms with E-state index in [0.29, 0.717) is 25.4 Å². The van der Waals surface area contributed by atoms with E-state index in [9.17, 15) is 9.18 Å². The predicted octanol–water partition coefficient (Wildman–Crippen LogP) is 2.28. The van der Waals surface area contributed by atoms with Crippen molar-refractivity contribution in [1.29, 1.82) is 0 Å². The lowest BCUT2D eigenvalue weighted by Crippen LogP contribution is -2.46. The molecule has 3 N–H and O–H groups in total. The van der Waals surface area contributed by atoms with Crippen LogP contribution >= 0.6 is 0 Å². The van der Waals surface area contributed by atoms with Crippen molar-refractivity contribution in [2.45, 2.75) is 45.2 Å². The van der Waals surface area contributed by atoms with Gasteiger partial charge in [-0.05, 0) is 56.7 Å². The SMILES string of the molecule is CC(C)(N)c1cn(C[C@H]2CCCN(C(=O)NCCc3ccc(F)cc3)C2)nn1. The van der Waals surface area contributed by atoms with Crippen molar-refractivity contribution < 1.29 is 9.18 Å². The number of rotatable bonds is 6. The van der Waals surface area contributed by atoms with E-state index in [-0.39, 0.29) is 11.8 Å². The van der Waals surface area contributed by atoms with E-state index >= 15 is 0 Å². The lowest BCUT2D eigenvalue weighted by Gasteiger charge is -2.32. The number of likely N-dealkylation sites (tertiary alicyclic amines) is 1. The molecule has 28 heavy (non-hydrogen) atoms. The summed E-state index contributed by atoms with van der Waals surface area (Å²) in [6.07, 6.45) is 4.60. The lowest BCUT2D eigenvalue weighted by atomic mass is 9.98. The van der Waals surface area contributed by atoms with Crippen LogP contribution in [-0.4, -0.2) is 45.6 Å². The fourth-order valence-electron chi connectivity index (χ4n) is 3.42. The zero-order valence-corrected chi connectivity index (χ0v) is 16.6. The van der Waals surface area contributed by atoms with Crippen LogP contribution in [0.15, 0.2) is 30.5 Å². The summed E-state index contributed by atoms with van der Waals surface area (Å²) < 4.78 is 14.8. The van der Waals surface area contributed by atoms with Crippen LogP contribution in [0.2, 0.25) is 0 Å². The smallest absolute Gasteiger partial charge is 0.317 e. The van der Waals surface area contributed by atoms with Gasteiger partial charge in [0.25, 0.3) is 0 Å². The minimum atomic E-state index is -0.513. The van der Waals surface area contributed by atoms with E-state index in [1.807, 2.05) is 29.6 Å². The molecule has 0 unspecified atom stereocenters. The Labute approximate surface area is 165 Å². The molecule has 0 spiro atoms. The molecule has 0 bridgehead atoms. The normalized spacial score (nSPS) is 17.6. The molecule has 1 saturated heterocycles. The molecule has 8 heteroatoms. The van der Waals surface area contributed by atoms with E-state index in [4.69, 9.17) is 5.73 Å². The molecule has 1 fully saturated rings. The Morgan fingerprint density at radius 3 is 2.79 bits per heavy atom. The molecule has 152 valence electrons. The molecule has 2 aromatic rings. The van der Waals surface area contributed by atoms with Crippen molar-refractivity contribution in [3.05, 3.63) is 47.5 Å². The Balaban J connectivity index is 1.46. The van der Waals surface area contributed by atoms with Gasteiger partial charge in [-0.3, -0.25) is 4.68 Å². The lowest BCUT2D eigenvalue weighted by molar-refractivity contribution is 0.157. The van der Waals surface area contributed by atoms with Gasteiger partial charge in [-0.25, -0.2) is 9.18 Å². The van der Waals surface area contributed by atoms with Gasteiger partial charge >= 0.3 is 6.03 Å². The summed E-state index contributed by atoms with van der Waals surface area (Å²) in [5, 5.41) is 11.3. The molecular weight excluding hydrogens is 359 g/mol. The summed E-state index contributed by atoms with van der Waals surface area (Å²) >= 11 is 0. The van der Waals surface area contributed by atoms with Gasteiger partial charge in [0.15, 0.2) is 0 Å². The van der Waals surface area contributed by atoms with Gasteiger partial charge in [0.1, 0.15) is 11.5 Å². The Bertz CT molecular complexity index is 783. The summed E-state index contributed by atoms with van der Waals surface area (Å²) in [6.45, 7) is 6.52. The molecule has 2 heterocycles. The molecule has 1 atom stereocenters. The topological polar surface area (TPSA) is 89.1 Å². The van der Waals surface area contributed by atoms with E-state index in [1.54, 1.807) is 12.1 Å². The number of carbonyl (C=O) groups is 1. The number of amides is 2. The summed E-state index contributed by atoms with van der Waals surface area (Å²) in [6, 6.07) is 6.32. The standard InChI is InChI=1S/C20H29FN6O/c1-20(2,22)18-14-27(25-24-18)13-16-4-3-11-26(12-16)19(28)23-10-9-15-5-7-17(21)8-6-15/h5-8,14,16H,3-4,9-13,22H2,1-2H3,(H,23,28)/t16-/m0/s1. The van der Waals surface area contributed by atoms with Crippen molar-refractivity contribution in [2.75, 3.05) is 19.6 Å². The number of aromatic nitrogens is 3. The maximum Gasteiger partial charge on any atom is 0.317 e. The molecular formula is C20H29FN6O. The van der Waals surface area contributed by atoms with Crippen LogP contribution in [0.25, 0.3) is 0 Å². The number of urea groups is 1. The van der Waals surface area contributed by atoms with Crippen molar-refractivity contribution in [2.24, 2.45) is 11.7 Å². The second-order valence-corrected chi connectivity index (χ2v) is 8.11. The third-order valence-electron chi connectivity index (χ3n) is 5.05. The molecule has 3 rings (SSSR count). The largest absolute Gasteiger partial charge is 0.338 e. The number of piperidine rings is 1. The van der Waals surface area contributed by atoms with E-state index in [1.165, 1.54) is 12.1 Å². The number of benzene rings is 1. The van der Waals surface area contributed by atoms with Gasteiger partial charge in [-0.1, -0.05) is 17.3 Å². The number of hydrogen-bond acceptors (Lipinski definition) is 4. The van der Waals surface area contributed by atoms with E-state index in [2.05, 4.69) is 15.6 Å². The van der Waals surface area contributed by atoms with Gasteiger partial charge in [-0.2, -0.15) is 0 Å². The Hall–Kier alpha value is -2.48. The summed E-state index contributed by atoms with van der Waals surface area (Å²) in [4.78, 5) is 14.3. The second kappa shape index (κ2) is 8.68. The minimum absolute atomic E-state index is 0.0471. The van der Waals surface area contributed by atoms with Crippen LogP contribution in [0.3, 0.4) is 0 Å². The number of carbonyl (C=O) groups excluding carboxylic acids is 1. The van der Waals surface area contributed by atoms with Gasteiger partial charge in [0.2, 0.25) is 0 Å². The third kappa shape index (κ3) is 5.51.